The average Bonchev–Trinajstić information content (AvgIpc) is 2.04. The highest BCUT2D eigenvalue weighted by molar-refractivity contribution is 9.11. The van der Waals surface area contributed by atoms with Crippen LogP contribution in [0.2, 0.25) is 0 Å². The molecule has 0 spiro atoms. The van der Waals surface area contributed by atoms with Crippen LogP contribution in [0.15, 0.2) is 15.3 Å². The topological polar surface area (TPSA) is 12.9 Å². The van der Waals surface area contributed by atoms with Crippen molar-refractivity contribution in [2.24, 2.45) is 0 Å². The van der Waals surface area contributed by atoms with Gasteiger partial charge in [0, 0.05) is 0 Å². The van der Waals surface area contributed by atoms with Crippen molar-refractivity contribution in [2.75, 3.05) is 0 Å². The van der Waals surface area contributed by atoms with Crippen LogP contribution in [-0.4, -0.2) is 4.98 Å². The van der Waals surface area contributed by atoms with Crippen molar-refractivity contribution in [3.63, 3.8) is 0 Å². The zero-order chi connectivity index (χ0) is 8.55. The lowest BCUT2D eigenvalue weighted by molar-refractivity contribution is 0.677. The van der Waals surface area contributed by atoms with E-state index in [9.17, 15) is 0 Å². The molecule has 0 bridgehead atoms. The predicted octanol–water partition coefficient (Wildman–Crippen LogP) is 3.49. The lowest BCUT2D eigenvalue weighted by Crippen LogP contribution is -2.04. The van der Waals surface area contributed by atoms with E-state index in [1.165, 1.54) is 36.8 Å². The number of rotatable bonds is 0. The Morgan fingerprint density at radius 2 is 1.92 bits per heavy atom. The maximum Gasteiger partial charge on any atom is 0.110 e. The molecule has 64 valence electrons. The molecule has 1 aromatic heterocycles. The summed E-state index contributed by atoms with van der Waals surface area (Å²) in [6, 6.07) is 2.14. The zero-order valence-corrected chi connectivity index (χ0v) is 9.78. The maximum atomic E-state index is 4.32. The predicted molar refractivity (Wildman–Crippen MR) is 56.3 cm³/mol. The van der Waals surface area contributed by atoms with Gasteiger partial charge in [-0.25, -0.2) is 4.98 Å². The van der Waals surface area contributed by atoms with Gasteiger partial charge < -0.3 is 0 Å². The normalized spacial score (nSPS) is 15.8. The van der Waals surface area contributed by atoms with E-state index in [4.69, 9.17) is 0 Å². The SMILES string of the molecule is Brc1cc2c(c(Br)n1)CCCC2. The number of aromatic nitrogens is 1. The van der Waals surface area contributed by atoms with E-state index >= 15 is 0 Å². The first kappa shape index (κ1) is 8.70. The van der Waals surface area contributed by atoms with Crippen molar-refractivity contribution in [1.29, 1.82) is 0 Å². The van der Waals surface area contributed by atoms with E-state index in [0.29, 0.717) is 0 Å². The lowest BCUT2D eigenvalue weighted by atomic mass is 9.94. The van der Waals surface area contributed by atoms with Gasteiger partial charge in [0.25, 0.3) is 0 Å². The minimum atomic E-state index is 0.940. The number of pyridine rings is 1. The first-order valence-corrected chi connectivity index (χ1v) is 5.70. The van der Waals surface area contributed by atoms with Crippen LogP contribution in [0.1, 0.15) is 24.0 Å². The average molecular weight is 291 g/mol. The highest BCUT2D eigenvalue weighted by atomic mass is 79.9. The minimum Gasteiger partial charge on any atom is -0.234 e. The van der Waals surface area contributed by atoms with Crippen LogP contribution in [0.4, 0.5) is 0 Å². The Morgan fingerprint density at radius 1 is 1.17 bits per heavy atom. The Labute approximate surface area is 88.8 Å². The number of halogens is 2. The summed E-state index contributed by atoms with van der Waals surface area (Å²) in [5.41, 5.74) is 2.86. The molecule has 0 aliphatic heterocycles. The quantitative estimate of drug-likeness (QED) is 0.667. The molecular weight excluding hydrogens is 282 g/mol. The molecule has 12 heavy (non-hydrogen) atoms. The van der Waals surface area contributed by atoms with Crippen LogP contribution in [-0.2, 0) is 12.8 Å². The van der Waals surface area contributed by atoms with E-state index in [0.717, 1.165) is 9.21 Å². The van der Waals surface area contributed by atoms with E-state index in [1.807, 2.05) is 0 Å². The van der Waals surface area contributed by atoms with Crippen molar-refractivity contribution < 1.29 is 0 Å². The molecule has 1 aliphatic rings. The Kier molecular flexibility index (Phi) is 2.51. The fourth-order valence-corrected chi connectivity index (χ4v) is 3.00. The van der Waals surface area contributed by atoms with Gasteiger partial charge in [-0.15, -0.1) is 0 Å². The van der Waals surface area contributed by atoms with Crippen LogP contribution in [0.25, 0.3) is 0 Å². The summed E-state index contributed by atoms with van der Waals surface area (Å²) in [7, 11) is 0. The molecule has 1 aliphatic carbocycles. The third-order valence-corrected chi connectivity index (χ3v) is 3.32. The maximum absolute atomic E-state index is 4.32. The summed E-state index contributed by atoms with van der Waals surface area (Å²) in [5.74, 6) is 0. The summed E-state index contributed by atoms with van der Waals surface area (Å²) < 4.78 is 1.96. The number of aryl methyl sites for hydroxylation is 1. The molecule has 0 saturated carbocycles. The van der Waals surface area contributed by atoms with Crippen molar-refractivity contribution in [3.8, 4) is 0 Å². The number of fused-ring (bicyclic) bond motifs is 1. The molecule has 0 N–H and O–H groups in total. The molecule has 1 nitrogen and oxygen atoms in total. The van der Waals surface area contributed by atoms with Gasteiger partial charge in [0.1, 0.15) is 9.21 Å². The molecule has 2 rings (SSSR count). The molecule has 1 heterocycles. The second-order valence-electron chi connectivity index (χ2n) is 3.08. The smallest absolute Gasteiger partial charge is 0.110 e. The van der Waals surface area contributed by atoms with Gasteiger partial charge in [-0.1, -0.05) is 0 Å². The van der Waals surface area contributed by atoms with E-state index in [1.54, 1.807) is 0 Å². The molecule has 0 atom stereocenters. The largest absolute Gasteiger partial charge is 0.234 e. The first-order chi connectivity index (χ1) is 5.77. The standard InChI is InChI=1S/C9H9Br2N/c10-8-5-6-3-1-2-4-7(6)9(11)12-8/h5H,1-4H2. The number of hydrogen-bond donors (Lipinski definition) is 0. The third-order valence-electron chi connectivity index (χ3n) is 2.26. The number of hydrogen-bond acceptors (Lipinski definition) is 1. The van der Waals surface area contributed by atoms with Crippen molar-refractivity contribution in [3.05, 3.63) is 26.4 Å². The molecule has 0 amide bonds. The number of nitrogens with zero attached hydrogens (tertiary/aromatic N) is 1. The summed E-state index contributed by atoms with van der Waals surface area (Å²) in [6.45, 7) is 0. The Balaban J connectivity index is 2.53. The van der Waals surface area contributed by atoms with Crippen molar-refractivity contribution in [2.45, 2.75) is 25.7 Å². The van der Waals surface area contributed by atoms with Crippen LogP contribution in [0.5, 0.6) is 0 Å². The van der Waals surface area contributed by atoms with Crippen LogP contribution in [0.3, 0.4) is 0 Å². The molecule has 1 aromatic rings. The minimum absolute atomic E-state index is 0.940. The molecule has 0 fully saturated rings. The van der Waals surface area contributed by atoms with Gasteiger partial charge in [-0.2, -0.15) is 0 Å². The van der Waals surface area contributed by atoms with Crippen molar-refractivity contribution >= 4 is 31.9 Å². The fourth-order valence-electron chi connectivity index (χ4n) is 1.66. The van der Waals surface area contributed by atoms with Crippen LogP contribution in [0, 0.1) is 0 Å². The Bertz CT molecular complexity index is 310. The van der Waals surface area contributed by atoms with Gasteiger partial charge in [-0.05, 0) is 74.7 Å². The summed E-state index contributed by atoms with van der Waals surface area (Å²) in [4.78, 5) is 4.32. The molecule has 0 saturated heterocycles. The van der Waals surface area contributed by atoms with Gasteiger partial charge in [-0.3, -0.25) is 0 Å². The highest BCUT2D eigenvalue weighted by Crippen LogP contribution is 2.28. The fraction of sp³-hybridized carbons (Fsp3) is 0.444. The van der Waals surface area contributed by atoms with E-state index in [2.05, 4.69) is 42.9 Å². The molecular formula is C9H9Br2N. The van der Waals surface area contributed by atoms with Gasteiger partial charge in [0.2, 0.25) is 0 Å². The lowest BCUT2D eigenvalue weighted by Gasteiger charge is -2.16. The molecule has 0 aromatic carbocycles. The Morgan fingerprint density at radius 3 is 2.75 bits per heavy atom. The van der Waals surface area contributed by atoms with E-state index < -0.39 is 0 Å². The van der Waals surface area contributed by atoms with Gasteiger partial charge in [0.05, 0.1) is 0 Å². The molecule has 0 unspecified atom stereocenters. The zero-order valence-electron chi connectivity index (χ0n) is 6.61. The van der Waals surface area contributed by atoms with E-state index in [-0.39, 0.29) is 0 Å². The summed E-state index contributed by atoms with van der Waals surface area (Å²) in [6.07, 6.45) is 5.00. The third kappa shape index (κ3) is 1.57. The van der Waals surface area contributed by atoms with Crippen LogP contribution < -0.4 is 0 Å². The first-order valence-electron chi connectivity index (χ1n) is 4.11. The van der Waals surface area contributed by atoms with Gasteiger partial charge in [0.15, 0.2) is 0 Å². The summed E-state index contributed by atoms with van der Waals surface area (Å²) >= 11 is 6.89. The second kappa shape index (κ2) is 3.46. The van der Waals surface area contributed by atoms with Gasteiger partial charge >= 0.3 is 0 Å². The molecule has 3 heteroatoms. The van der Waals surface area contributed by atoms with Crippen molar-refractivity contribution in [1.82, 2.24) is 4.98 Å². The molecule has 0 radical (unpaired) electrons. The Hall–Kier alpha value is 0.110. The second-order valence-corrected chi connectivity index (χ2v) is 4.64. The summed E-state index contributed by atoms with van der Waals surface area (Å²) in [5, 5.41) is 0. The monoisotopic (exact) mass is 289 g/mol. The van der Waals surface area contributed by atoms with Crippen LogP contribution >= 0.6 is 31.9 Å². The highest BCUT2D eigenvalue weighted by Gasteiger charge is 2.13.